The van der Waals surface area contributed by atoms with Crippen LogP contribution in [-0.2, 0) is 20.8 Å². The molecule has 0 aliphatic heterocycles. The summed E-state index contributed by atoms with van der Waals surface area (Å²) < 4.78 is 16.6. The lowest BCUT2D eigenvalue weighted by atomic mass is 10.2. The summed E-state index contributed by atoms with van der Waals surface area (Å²) in [5, 5.41) is 0.641. The second kappa shape index (κ2) is 9.45. The Morgan fingerprint density at radius 2 is 1.93 bits per heavy atom. The van der Waals surface area contributed by atoms with Crippen LogP contribution in [0.15, 0.2) is 48.5 Å². The van der Waals surface area contributed by atoms with Crippen molar-refractivity contribution in [2.45, 2.75) is 6.54 Å². The van der Waals surface area contributed by atoms with Crippen LogP contribution < -0.4 is 9.64 Å². The molecule has 7 heteroatoms. The van der Waals surface area contributed by atoms with Gasteiger partial charge in [0, 0.05) is 7.11 Å². The average molecular weight is 386 g/mol. The molecule has 6 nitrogen and oxygen atoms in total. The lowest BCUT2D eigenvalue weighted by molar-refractivity contribution is -0.123. The molecule has 0 fully saturated rings. The smallest absolute Gasteiger partial charge is 0.255 e. The van der Waals surface area contributed by atoms with Crippen molar-refractivity contribution < 1.29 is 19.0 Å². The van der Waals surface area contributed by atoms with E-state index >= 15 is 0 Å². The summed E-state index contributed by atoms with van der Waals surface area (Å²) in [5.74, 6) is 0.627. The Morgan fingerprint density at radius 1 is 1.11 bits per heavy atom. The Bertz CT molecular complexity index is 882. The highest BCUT2D eigenvalue weighted by Crippen LogP contribution is 2.32. The maximum absolute atomic E-state index is 12.8. The van der Waals surface area contributed by atoms with Gasteiger partial charge in [0.2, 0.25) is 0 Å². The van der Waals surface area contributed by atoms with Gasteiger partial charge in [-0.1, -0.05) is 41.7 Å². The molecule has 1 amide bonds. The summed E-state index contributed by atoms with van der Waals surface area (Å²) in [4.78, 5) is 19.1. The van der Waals surface area contributed by atoms with Crippen molar-refractivity contribution in [3.63, 3.8) is 0 Å². The third kappa shape index (κ3) is 5.03. The van der Waals surface area contributed by atoms with E-state index in [0.29, 0.717) is 24.9 Å². The number of hydrogen-bond donors (Lipinski definition) is 0. The van der Waals surface area contributed by atoms with E-state index in [9.17, 15) is 4.79 Å². The summed E-state index contributed by atoms with van der Waals surface area (Å²) in [6, 6.07) is 15.5. The highest BCUT2D eigenvalue weighted by molar-refractivity contribution is 7.22. The normalized spacial score (nSPS) is 10.9. The lowest BCUT2D eigenvalue weighted by Crippen LogP contribution is -2.33. The number of ether oxygens (including phenoxy) is 3. The van der Waals surface area contributed by atoms with Crippen LogP contribution >= 0.6 is 11.3 Å². The Labute approximate surface area is 162 Å². The Hall–Kier alpha value is -2.48. The van der Waals surface area contributed by atoms with Gasteiger partial charge in [0.1, 0.15) is 12.4 Å². The first-order valence-electron chi connectivity index (χ1n) is 8.57. The van der Waals surface area contributed by atoms with E-state index in [2.05, 4.69) is 4.98 Å². The molecular formula is C20H22N2O4S. The number of carbonyl (C=O) groups is 1. The number of carbonyl (C=O) groups excluding carboxylic acids is 1. The van der Waals surface area contributed by atoms with Crippen LogP contribution in [0.3, 0.4) is 0 Å². The molecule has 0 aliphatic carbocycles. The topological polar surface area (TPSA) is 60.9 Å². The van der Waals surface area contributed by atoms with Crippen LogP contribution in [-0.4, -0.2) is 44.9 Å². The van der Waals surface area contributed by atoms with E-state index < -0.39 is 0 Å². The van der Waals surface area contributed by atoms with Gasteiger partial charge in [-0.15, -0.1) is 0 Å². The van der Waals surface area contributed by atoms with E-state index in [1.54, 1.807) is 19.1 Å². The van der Waals surface area contributed by atoms with Crippen molar-refractivity contribution in [2.75, 3.05) is 38.9 Å². The van der Waals surface area contributed by atoms with Crippen LogP contribution in [0.1, 0.15) is 5.56 Å². The van der Waals surface area contributed by atoms with Crippen molar-refractivity contribution in [3.05, 3.63) is 54.1 Å². The second-order valence-corrected chi connectivity index (χ2v) is 6.85. The molecule has 1 heterocycles. The molecule has 0 unspecified atom stereocenters. The van der Waals surface area contributed by atoms with E-state index in [-0.39, 0.29) is 12.5 Å². The quantitative estimate of drug-likeness (QED) is 0.527. The van der Waals surface area contributed by atoms with Gasteiger partial charge in [-0.05, 0) is 23.8 Å². The minimum Gasteiger partial charge on any atom is -0.497 e. The Balaban J connectivity index is 1.85. The Kier molecular flexibility index (Phi) is 6.75. The molecule has 0 atom stereocenters. The SMILES string of the molecule is COCCOCC(=O)N(Cc1ccccc1)c1nc2ccc(OC)cc2s1. The van der Waals surface area contributed by atoms with E-state index in [4.69, 9.17) is 14.2 Å². The van der Waals surface area contributed by atoms with Crippen LogP contribution in [0, 0.1) is 0 Å². The molecule has 0 saturated heterocycles. The van der Waals surface area contributed by atoms with Gasteiger partial charge in [-0.25, -0.2) is 4.98 Å². The van der Waals surface area contributed by atoms with Crippen LogP contribution in [0.4, 0.5) is 5.13 Å². The standard InChI is InChI=1S/C20H22N2O4S/c1-24-10-11-26-14-19(23)22(13-15-6-4-3-5-7-15)20-21-17-9-8-16(25-2)12-18(17)27-20/h3-9,12H,10-11,13-14H2,1-2H3. The zero-order valence-corrected chi connectivity index (χ0v) is 16.2. The minimum absolute atomic E-state index is 0.0184. The molecule has 0 N–H and O–H groups in total. The zero-order valence-electron chi connectivity index (χ0n) is 15.4. The van der Waals surface area contributed by atoms with Gasteiger partial charge >= 0.3 is 0 Å². The largest absolute Gasteiger partial charge is 0.497 e. The minimum atomic E-state index is -0.138. The van der Waals surface area contributed by atoms with E-state index in [0.717, 1.165) is 21.5 Å². The summed E-state index contributed by atoms with van der Waals surface area (Å²) in [5.41, 5.74) is 1.86. The van der Waals surface area contributed by atoms with Gasteiger partial charge in [0.15, 0.2) is 5.13 Å². The molecule has 1 aromatic heterocycles. The number of aromatic nitrogens is 1. The fourth-order valence-corrected chi connectivity index (χ4v) is 3.55. The summed E-state index contributed by atoms with van der Waals surface area (Å²) in [6.07, 6.45) is 0. The molecule has 0 aliphatic rings. The molecule has 27 heavy (non-hydrogen) atoms. The van der Waals surface area contributed by atoms with Crippen molar-refractivity contribution in [1.82, 2.24) is 4.98 Å². The third-order valence-corrected chi connectivity index (χ3v) is 5.00. The van der Waals surface area contributed by atoms with Gasteiger partial charge < -0.3 is 14.2 Å². The monoisotopic (exact) mass is 386 g/mol. The number of methoxy groups -OCH3 is 2. The number of nitrogens with zero attached hydrogens (tertiary/aromatic N) is 2. The van der Waals surface area contributed by atoms with Crippen LogP contribution in [0.5, 0.6) is 5.75 Å². The van der Waals surface area contributed by atoms with Crippen molar-refractivity contribution >= 4 is 32.6 Å². The van der Waals surface area contributed by atoms with Crippen molar-refractivity contribution in [3.8, 4) is 5.75 Å². The fourth-order valence-electron chi connectivity index (χ4n) is 2.54. The van der Waals surface area contributed by atoms with E-state index in [1.165, 1.54) is 11.3 Å². The molecule has 0 radical (unpaired) electrons. The molecule has 142 valence electrons. The van der Waals surface area contributed by atoms with Crippen LogP contribution in [0.25, 0.3) is 10.2 Å². The summed E-state index contributed by atoms with van der Waals surface area (Å²) in [7, 11) is 3.23. The molecule has 0 saturated carbocycles. The number of amides is 1. The van der Waals surface area contributed by atoms with Gasteiger partial charge in [0.25, 0.3) is 5.91 Å². The number of hydrogen-bond acceptors (Lipinski definition) is 6. The van der Waals surface area contributed by atoms with Gasteiger partial charge in [-0.2, -0.15) is 0 Å². The maximum Gasteiger partial charge on any atom is 0.255 e. The molecule has 2 aromatic carbocycles. The number of anilines is 1. The third-order valence-electron chi connectivity index (χ3n) is 3.96. The first-order chi connectivity index (χ1) is 13.2. The predicted molar refractivity (Wildman–Crippen MR) is 106 cm³/mol. The molecule has 3 rings (SSSR count). The fraction of sp³-hybridized carbons (Fsp3) is 0.300. The highest BCUT2D eigenvalue weighted by atomic mass is 32.1. The average Bonchev–Trinajstić information content (AvgIpc) is 3.12. The van der Waals surface area contributed by atoms with Gasteiger partial charge in [0.05, 0.1) is 37.1 Å². The molecule has 0 spiro atoms. The molecular weight excluding hydrogens is 364 g/mol. The van der Waals surface area contributed by atoms with Crippen molar-refractivity contribution in [2.24, 2.45) is 0 Å². The number of benzene rings is 2. The predicted octanol–water partition coefficient (Wildman–Crippen LogP) is 3.50. The second-order valence-electron chi connectivity index (χ2n) is 5.84. The van der Waals surface area contributed by atoms with Crippen LogP contribution in [0.2, 0.25) is 0 Å². The lowest BCUT2D eigenvalue weighted by Gasteiger charge is -2.20. The number of fused-ring (bicyclic) bond motifs is 1. The number of rotatable bonds is 9. The Morgan fingerprint density at radius 3 is 2.67 bits per heavy atom. The maximum atomic E-state index is 12.8. The zero-order chi connectivity index (χ0) is 19.1. The van der Waals surface area contributed by atoms with Crippen molar-refractivity contribution in [1.29, 1.82) is 0 Å². The summed E-state index contributed by atoms with van der Waals surface area (Å²) >= 11 is 1.46. The molecule has 3 aromatic rings. The van der Waals surface area contributed by atoms with E-state index in [1.807, 2.05) is 48.5 Å². The molecule has 0 bridgehead atoms. The highest BCUT2D eigenvalue weighted by Gasteiger charge is 2.20. The van der Waals surface area contributed by atoms with Gasteiger partial charge in [-0.3, -0.25) is 9.69 Å². The summed E-state index contributed by atoms with van der Waals surface area (Å²) in [6.45, 7) is 1.24. The first-order valence-corrected chi connectivity index (χ1v) is 9.38. The first kappa shape index (κ1) is 19.3. The number of thiazole rings is 1.